The van der Waals surface area contributed by atoms with Gasteiger partial charge in [0.05, 0.1) is 24.9 Å². The number of amides is 2. The van der Waals surface area contributed by atoms with Crippen LogP contribution in [0.3, 0.4) is 0 Å². The van der Waals surface area contributed by atoms with E-state index in [1.165, 1.54) is 14.2 Å². The number of aryl methyl sites for hydroxylation is 1. The van der Waals surface area contributed by atoms with Crippen LogP contribution in [0, 0.1) is 0 Å². The highest BCUT2D eigenvalue weighted by Crippen LogP contribution is 2.35. The molecule has 0 spiro atoms. The molecule has 1 aliphatic heterocycles. The first-order chi connectivity index (χ1) is 13.0. The van der Waals surface area contributed by atoms with E-state index in [1.54, 1.807) is 24.3 Å². The summed E-state index contributed by atoms with van der Waals surface area (Å²) in [5, 5.41) is 5.86. The second kappa shape index (κ2) is 8.18. The summed E-state index contributed by atoms with van der Waals surface area (Å²) in [6, 6.07) is 8.45. The van der Waals surface area contributed by atoms with Gasteiger partial charge in [0.25, 0.3) is 5.91 Å². The van der Waals surface area contributed by atoms with Crippen molar-refractivity contribution in [2.24, 2.45) is 0 Å². The molecule has 2 aromatic carbocycles. The number of anilines is 2. The number of hydrogen-bond donors (Lipinski definition) is 2. The van der Waals surface area contributed by atoms with Crippen molar-refractivity contribution < 1.29 is 23.8 Å². The van der Waals surface area contributed by atoms with Gasteiger partial charge in [-0.25, -0.2) is 0 Å². The molecule has 0 saturated heterocycles. The zero-order chi connectivity index (χ0) is 19.4. The van der Waals surface area contributed by atoms with Crippen LogP contribution in [0.5, 0.6) is 17.2 Å². The van der Waals surface area contributed by atoms with Gasteiger partial charge in [0.2, 0.25) is 5.91 Å². The minimum Gasteiger partial charge on any atom is -0.495 e. The topological polar surface area (TPSA) is 85.9 Å². The molecule has 2 aromatic rings. The van der Waals surface area contributed by atoms with Gasteiger partial charge in [-0.05, 0) is 36.2 Å². The van der Waals surface area contributed by atoms with Crippen LogP contribution in [0.2, 0.25) is 5.02 Å². The molecule has 0 saturated carbocycles. The summed E-state index contributed by atoms with van der Waals surface area (Å²) in [6.07, 6.45) is 1.08. The number of halogens is 1. The van der Waals surface area contributed by atoms with Gasteiger partial charge in [-0.15, -0.1) is 0 Å². The van der Waals surface area contributed by atoms with Crippen molar-refractivity contribution in [3.8, 4) is 17.2 Å². The summed E-state index contributed by atoms with van der Waals surface area (Å²) >= 11 is 6.10. The van der Waals surface area contributed by atoms with E-state index in [0.717, 1.165) is 11.3 Å². The largest absolute Gasteiger partial charge is 0.495 e. The van der Waals surface area contributed by atoms with E-state index in [9.17, 15) is 9.59 Å². The number of rotatable bonds is 6. The minimum absolute atomic E-state index is 0.00245. The Hall–Kier alpha value is -2.93. The molecular weight excluding hydrogens is 372 g/mol. The number of ether oxygens (including phenoxy) is 3. The summed E-state index contributed by atoms with van der Waals surface area (Å²) in [4.78, 5) is 23.6. The molecule has 0 unspecified atom stereocenters. The Morgan fingerprint density at radius 1 is 1.15 bits per heavy atom. The van der Waals surface area contributed by atoms with E-state index in [2.05, 4.69) is 10.6 Å². The third kappa shape index (κ3) is 4.43. The summed E-state index contributed by atoms with van der Waals surface area (Å²) < 4.78 is 15.9. The molecular formula is C19H19ClN2O5. The number of fused-ring (bicyclic) bond motifs is 1. The average molecular weight is 391 g/mol. The fraction of sp³-hybridized carbons (Fsp3) is 0.263. The van der Waals surface area contributed by atoms with Crippen molar-refractivity contribution in [1.82, 2.24) is 0 Å². The molecule has 0 aromatic heterocycles. The molecule has 27 heavy (non-hydrogen) atoms. The third-order valence-corrected chi connectivity index (χ3v) is 4.39. The summed E-state index contributed by atoms with van der Waals surface area (Å²) in [6.45, 7) is -0.183. The van der Waals surface area contributed by atoms with Crippen LogP contribution >= 0.6 is 11.6 Å². The first kappa shape index (κ1) is 18.8. The molecule has 0 bridgehead atoms. The molecule has 8 heteroatoms. The van der Waals surface area contributed by atoms with Crippen LogP contribution in [-0.4, -0.2) is 32.6 Å². The smallest absolute Gasteiger partial charge is 0.262 e. The Kier molecular flexibility index (Phi) is 5.71. The maximum Gasteiger partial charge on any atom is 0.262 e. The monoisotopic (exact) mass is 390 g/mol. The Morgan fingerprint density at radius 2 is 1.93 bits per heavy atom. The predicted octanol–water partition coefficient (Wildman–Crippen LogP) is 3.26. The van der Waals surface area contributed by atoms with Gasteiger partial charge in [-0.3, -0.25) is 9.59 Å². The lowest BCUT2D eigenvalue weighted by molar-refractivity contribution is -0.118. The van der Waals surface area contributed by atoms with Gasteiger partial charge < -0.3 is 24.8 Å². The summed E-state index contributed by atoms with van der Waals surface area (Å²) in [5.74, 6) is 1.07. The Labute approximate surface area is 161 Å². The van der Waals surface area contributed by atoms with Crippen molar-refractivity contribution in [2.75, 3.05) is 31.5 Å². The van der Waals surface area contributed by atoms with Crippen LogP contribution in [0.4, 0.5) is 11.4 Å². The van der Waals surface area contributed by atoms with Gasteiger partial charge >= 0.3 is 0 Å². The van der Waals surface area contributed by atoms with E-state index < -0.39 is 0 Å². The molecule has 0 aliphatic carbocycles. The molecule has 0 fully saturated rings. The zero-order valence-electron chi connectivity index (χ0n) is 14.9. The van der Waals surface area contributed by atoms with Crippen LogP contribution < -0.4 is 24.8 Å². The second-order valence-corrected chi connectivity index (χ2v) is 6.30. The quantitative estimate of drug-likeness (QED) is 0.790. The lowest BCUT2D eigenvalue weighted by Crippen LogP contribution is -2.21. The van der Waals surface area contributed by atoms with Gasteiger partial charge in [0.15, 0.2) is 6.61 Å². The maximum absolute atomic E-state index is 12.2. The molecule has 142 valence electrons. The molecule has 7 nitrogen and oxygen atoms in total. The average Bonchev–Trinajstić information content (AvgIpc) is 2.66. The summed E-state index contributed by atoms with van der Waals surface area (Å²) in [7, 11) is 2.98. The molecule has 2 amide bonds. The predicted molar refractivity (Wildman–Crippen MR) is 102 cm³/mol. The zero-order valence-corrected chi connectivity index (χ0v) is 15.7. The lowest BCUT2D eigenvalue weighted by atomic mass is 10.0. The van der Waals surface area contributed by atoms with Crippen LogP contribution in [0.15, 0.2) is 30.3 Å². The van der Waals surface area contributed by atoms with Crippen molar-refractivity contribution in [2.45, 2.75) is 12.8 Å². The van der Waals surface area contributed by atoms with E-state index in [0.29, 0.717) is 40.8 Å². The van der Waals surface area contributed by atoms with Crippen LogP contribution in [0.1, 0.15) is 12.0 Å². The molecule has 1 heterocycles. The molecule has 0 radical (unpaired) electrons. The summed E-state index contributed by atoms with van der Waals surface area (Å²) in [5.41, 5.74) is 2.18. The minimum atomic E-state index is -0.361. The van der Waals surface area contributed by atoms with Crippen molar-refractivity contribution >= 4 is 34.8 Å². The maximum atomic E-state index is 12.2. The van der Waals surface area contributed by atoms with Crippen molar-refractivity contribution in [1.29, 1.82) is 0 Å². The van der Waals surface area contributed by atoms with Crippen molar-refractivity contribution in [3.05, 3.63) is 40.9 Å². The first-order valence-electron chi connectivity index (χ1n) is 8.27. The van der Waals surface area contributed by atoms with E-state index in [4.69, 9.17) is 25.8 Å². The Bertz CT molecular complexity index is 885. The molecule has 3 rings (SSSR count). The number of carbonyl (C=O) groups excluding carboxylic acids is 2. The van der Waals surface area contributed by atoms with E-state index >= 15 is 0 Å². The number of hydrogen-bond acceptors (Lipinski definition) is 5. The highest BCUT2D eigenvalue weighted by Gasteiger charge is 2.16. The number of methoxy groups -OCH3 is 2. The highest BCUT2D eigenvalue weighted by molar-refractivity contribution is 6.32. The lowest BCUT2D eigenvalue weighted by Gasteiger charge is -2.18. The fourth-order valence-corrected chi connectivity index (χ4v) is 2.98. The number of carbonyl (C=O) groups is 2. The number of benzene rings is 2. The SMILES string of the molecule is COc1cc(OC)c(NC(=O)COc2ccc3c(c2)CCC(=O)N3)cc1Cl. The Balaban J connectivity index is 1.63. The van der Waals surface area contributed by atoms with Gasteiger partial charge in [0.1, 0.15) is 17.2 Å². The van der Waals surface area contributed by atoms with E-state index in [-0.39, 0.29) is 18.4 Å². The Morgan fingerprint density at radius 3 is 2.67 bits per heavy atom. The standard InChI is InChI=1S/C19H19ClN2O5/c1-25-16-9-17(26-2)15(8-13(16)20)22-19(24)10-27-12-4-5-14-11(7-12)3-6-18(23)21-14/h4-5,7-9H,3,6,10H2,1-2H3,(H,21,23)(H,22,24). The molecule has 2 N–H and O–H groups in total. The third-order valence-electron chi connectivity index (χ3n) is 4.09. The van der Waals surface area contributed by atoms with Crippen LogP contribution in [0.25, 0.3) is 0 Å². The highest BCUT2D eigenvalue weighted by atomic mass is 35.5. The van der Waals surface area contributed by atoms with Gasteiger partial charge in [-0.2, -0.15) is 0 Å². The number of nitrogens with one attached hydrogen (secondary N) is 2. The second-order valence-electron chi connectivity index (χ2n) is 5.89. The van der Waals surface area contributed by atoms with Crippen LogP contribution in [-0.2, 0) is 16.0 Å². The fourth-order valence-electron chi connectivity index (χ4n) is 2.74. The van der Waals surface area contributed by atoms with E-state index in [1.807, 2.05) is 6.07 Å². The van der Waals surface area contributed by atoms with Crippen molar-refractivity contribution in [3.63, 3.8) is 0 Å². The molecule has 1 aliphatic rings. The molecule has 0 atom stereocenters. The first-order valence-corrected chi connectivity index (χ1v) is 8.65. The normalized spacial score (nSPS) is 12.6. The van der Waals surface area contributed by atoms with Gasteiger partial charge in [-0.1, -0.05) is 11.6 Å². The van der Waals surface area contributed by atoms with Gasteiger partial charge in [0, 0.05) is 18.2 Å².